The van der Waals surface area contributed by atoms with Crippen LogP contribution in [0, 0.1) is 24.0 Å². The summed E-state index contributed by atoms with van der Waals surface area (Å²) in [5.74, 6) is -0.495. The van der Waals surface area contributed by atoms with Crippen LogP contribution in [0.4, 0.5) is 5.69 Å². The summed E-state index contributed by atoms with van der Waals surface area (Å²) in [5, 5.41) is 14.6. The maximum Gasteiger partial charge on any atom is 0.271 e. The zero-order valence-electron chi connectivity index (χ0n) is 12.2. The van der Waals surface area contributed by atoms with Gasteiger partial charge in [0.15, 0.2) is 0 Å². The number of nitro groups is 1. The highest BCUT2D eigenvalue weighted by atomic mass is 16.6. The molecule has 2 aromatic rings. The van der Waals surface area contributed by atoms with Crippen molar-refractivity contribution in [3.63, 3.8) is 0 Å². The van der Waals surface area contributed by atoms with Gasteiger partial charge in [-0.2, -0.15) is 5.10 Å². The number of carbonyl (C=O) groups is 1. The third-order valence-electron chi connectivity index (χ3n) is 3.12. The van der Waals surface area contributed by atoms with Gasteiger partial charge in [0.2, 0.25) is 0 Å². The van der Waals surface area contributed by atoms with E-state index >= 15 is 0 Å². The van der Waals surface area contributed by atoms with Gasteiger partial charge in [0.1, 0.15) is 0 Å². The van der Waals surface area contributed by atoms with Crippen LogP contribution in [0.15, 0.2) is 47.6 Å². The molecule has 1 N–H and O–H groups in total. The molecule has 0 aliphatic carbocycles. The van der Waals surface area contributed by atoms with E-state index in [-0.39, 0.29) is 11.3 Å². The molecule has 0 unspecified atom stereocenters. The highest BCUT2D eigenvalue weighted by molar-refractivity contribution is 5.95. The lowest BCUT2D eigenvalue weighted by atomic mass is 10.1. The van der Waals surface area contributed by atoms with Gasteiger partial charge < -0.3 is 0 Å². The second-order valence-electron chi connectivity index (χ2n) is 4.87. The number of benzene rings is 2. The summed E-state index contributed by atoms with van der Waals surface area (Å²) >= 11 is 0. The van der Waals surface area contributed by atoms with E-state index in [1.807, 2.05) is 32.0 Å². The van der Waals surface area contributed by atoms with Gasteiger partial charge in [-0.05, 0) is 31.0 Å². The van der Waals surface area contributed by atoms with Crippen molar-refractivity contribution >= 4 is 17.8 Å². The molecule has 2 rings (SSSR count). The zero-order valence-corrected chi connectivity index (χ0v) is 12.2. The first-order valence-electron chi connectivity index (χ1n) is 6.62. The Hall–Kier alpha value is -3.02. The fourth-order valence-corrected chi connectivity index (χ4v) is 1.88. The Morgan fingerprint density at radius 2 is 2.00 bits per heavy atom. The molecule has 0 saturated heterocycles. The normalized spacial score (nSPS) is 10.6. The SMILES string of the molecule is Cc1ccc(C)c(/C=N\NC(=O)c2cccc([N+](=O)[O-])c2)c1. The molecule has 0 fully saturated rings. The number of rotatable bonds is 4. The highest BCUT2D eigenvalue weighted by Crippen LogP contribution is 2.13. The quantitative estimate of drug-likeness (QED) is 0.535. The molecular weight excluding hydrogens is 282 g/mol. The fraction of sp³-hybridized carbons (Fsp3) is 0.125. The van der Waals surface area contributed by atoms with Crippen molar-refractivity contribution < 1.29 is 9.72 Å². The summed E-state index contributed by atoms with van der Waals surface area (Å²) in [5.41, 5.74) is 5.46. The van der Waals surface area contributed by atoms with Crippen molar-refractivity contribution in [1.82, 2.24) is 5.43 Å². The first-order chi connectivity index (χ1) is 10.5. The minimum absolute atomic E-state index is 0.133. The van der Waals surface area contributed by atoms with E-state index in [1.165, 1.54) is 24.3 Å². The lowest BCUT2D eigenvalue weighted by Gasteiger charge is -2.02. The molecule has 0 aliphatic rings. The number of nitrogens with one attached hydrogen (secondary N) is 1. The third kappa shape index (κ3) is 3.76. The van der Waals surface area contributed by atoms with Crippen LogP contribution >= 0.6 is 0 Å². The molecular formula is C16H15N3O3. The van der Waals surface area contributed by atoms with Crippen molar-refractivity contribution in [3.8, 4) is 0 Å². The first-order valence-corrected chi connectivity index (χ1v) is 6.62. The first kappa shape index (κ1) is 15.4. The van der Waals surface area contributed by atoms with Crippen molar-refractivity contribution in [2.75, 3.05) is 0 Å². The topological polar surface area (TPSA) is 84.6 Å². The van der Waals surface area contributed by atoms with Gasteiger partial charge in [-0.3, -0.25) is 14.9 Å². The van der Waals surface area contributed by atoms with Crippen molar-refractivity contribution in [1.29, 1.82) is 0 Å². The van der Waals surface area contributed by atoms with Gasteiger partial charge in [0.05, 0.1) is 11.1 Å². The van der Waals surface area contributed by atoms with Gasteiger partial charge in [0.25, 0.3) is 11.6 Å². The number of hydrogen-bond donors (Lipinski definition) is 1. The maximum absolute atomic E-state index is 11.9. The maximum atomic E-state index is 11.9. The van der Waals surface area contributed by atoms with E-state index in [1.54, 1.807) is 6.21 Å². The van der Waals surface area contributed by atoms with Gasteiger partial charge in [0, 0.05) is 17.7 Å². The molecule has 0 aromatic heterocycles. The summed E-state index contributed by atoms with van der Waals surface area (Å²) in [6, 6.07) is 11.4. The van der Waals surface area contributed by atoms with Gasteiger partial charge in [-0.1, -0.05) is 29.8 Å². The smallest absolute Gasteiger partial charge is 0.267 e. The van der Waals surface area contributed by atoms with E-state index in [9.17, 15) is 14.9 Å². The summed E-state index contributed by atoms with van der Waals surface area (Å²) in [6.07, 6.45) is 1.55. The Balaban J connectivity index is 2.09. The van der Waals surface area contributed by atoms with Crippen LogP contribution in [-0.4, -0.2) is 17.0 Å². The molecule has 0 heterocycles. The van der Waals surface area contributed by atoms with E-state index in [0.29, 0.717) is 0 Å². The Bertz CT molecular complexity index is 754. The predicted molar refractivity (Wildman–Crippen MR) is 84.1 cm³/mol. The third-order valence-corrected chi connectivity index (χ3v) is 3.12. The number of hydrogen-bond acceptors (Lipinski definition) is 4. The van der Waals surface area contributed by atoms with Gasteiger partial charge in [-0.15, -0.1) is 0 Å². The Labute approximate surface area is 127 Å². The Kier molecular flexibility index (Phi) is 4.63. The van der Waals surface area contributed by atoms with Crippen LogP contribution in [0.3, 0.4) is 0 Å². The number of amides is 1. The molecule has 22 heavy (non-hydrogen) atoms. The zero-order chi connectivity index (χ0) is 16.1. The number of nitro benzene ring substituents is 1. The summed E-state index contributed by atoms with van der Waals surface area (Å²) in [6.45, 7) is 3.92. The number of aryl methyl sites for hydroxylation is 2. The van der Waals surface area contributed by atoms with Crippen LogP contribution in [0.25, 0.3) is 0 Å². The predicted octanol–water partition coefficient (Wildman–Crippen LogP) is 2.98. The van der Waals surface area contributed by atoms with E-state index in [4.69, 9.17) is 0 Å². The standard InChI is InChI=1S/C16H15N3O3/c1-11-6-7-12(2)14(8-11)10-17-18-16(20)13-4-3-5-15(9-13)19(21)22/h3-10H,1-2H3,(H,18,20)/b17-10-. The molecule has 0 spiro atoms. The second-order valence-corrected chi connectivity index (χ2v) is 4.87. The molecule has 6 nitrogen and oxygen atoms in total. The number of carbonyl (C=O) groups excluding carboxylic acids is 1. The number of nitrogens with zero attached hydrogens (tertiary/aromatic N) is 2. The van der Waals surface area contributed by atoms with Crippen molar-refractivity contribution in [3.05, 3.63) is 74.8 Å². The molecule has 0 saturated carbocycles. The van der Waals surface area contributed by atoms with Crippen LogP contribution in [0.5, 0.6) is 0 Å². The molecule has 6 heteroatoms. The largest absolute Gasteiger partial charge is 0.271 e. The van der Waals surface area contributed by atoms with E-state index in [0.717, 1.165) is 16.7 Å². The number of non-ortho nitro benzene ring substituents is 1. The lowest BCUT2D eigenvalue weighted by molar-refractivity contribution is -0.384. The molecule has 112 valence electrons. The monoisotopic (exact) mass is 297 g/mol. The Morgan fingerprint density at radius 3 is 2.73 bits per heavy atom. The van der Waals surface area contributed by atoms with Crippen molar-refractivity contribution in [2.24, 2.45) is 5.10 Å². The van der Waals surface area contributed by atoms with Gasteiger partial charge >= 0.3 is 0 Å². The fourth-order valence-electron chi connectivity index (χ4n) is 1.88. The average Bonchev–Trinajstić information content (AvgIpc) is 2.50. The van der Waals surface area contributed by atoms with Crippen LogP contribution < -0.4 is 5.43 Å². The van der Waals surface area contributed by atoms with Gasteiger partial charge in [-0.25, -0.2) is 5.43 Å². The lowest BCUT2D eigenvalue weighted by Crippen LogP contribution is -2.17. The minimum atomic E-state index is -0.545. The summed E-state index contributed by atoms with van der Waals surface area (Å²) < 4.78 is 0. The number of hydrazone groups is 1. The minimum Gasteiger partial charge on any atom is -0.267 e. The van der Waals surface area contributed by atoms with E-state index in [2.05, 4.69) is 10.5 Å². The molecule has 0 bridgehead atoms. The van der Waals surface area contributed by atoms with Crippen LogP contribution in [0.2, 0.25) is 0 Å². The molecule has 1 amide bonds. The molecule has 2 aromatic carbocycles. The summed E-state index contributed by atoms with van der Waals surface area (Å²) in [4.78, 5) is 22.1. The molecule has 0 atom stereocenters. The molecule has 0 aliphatic heterocycles. The van der Waals surface area contributed by atoms with E-state index < -0.39 is 10.8 Å². The van der Waals surface area contributed by atoms with Crippen LogP contribution in [-0.2, 0) is 0 Å². The van der Waals surface area contributed by atoms with Crippen LogP contribution in [0.1, 0.15) is 27.0 Å². The highest BCUT2D eigenvalue weighted by Gasteiger charge is 2.10. The Morgan fingerprint density at radius 1 is 1.23 bits per heavy atom. The van der Waals surface area contributed by atoms with Crippen molar-refractivity contribution in [2.45, 2.75) is 13.8 Å². The second kappa shape index (κ2) is 6.62. The average molecular weight is 297 g/mol. The summed E-state index contributed by atoms with van der Waals surface area (Å²) in [7, 11) is 0. The molecule has 0 radical (unpaired) electrons.